The molecular formula is C20H18Cl2N4O4. The van der Waals surface area contributed by atoms with Crippen LogP contribution in [0.5, 0.6) is 5.75 Å². The van der Waals surface area contributed by atoms with Crippen molar-refractivity contribution in [3.8, 4) is 5.75 Å². The van der Waals surface area contributed by atoms with Gasteiger partial charge in [-0.3, -0.25) is 14.4 Å². The van der Waals surface area contributed by atoms with Crippen molar-refractivity contribution < 1.29 is 19.1 Å². The van der Waals surface area contributed by atoms with Gasteiger partial charge in [-0.1, -0.05) is 29.3 Å². The summed E-state index contributed by atoms with van der Waals surface area (Å²) in [7, 11) is 0. The third-order valence-electron chi connectivity index (χ3n) is 3.39. The van der Waals surface area contributed by atoms with Crippen LogP contribution >= 0.6 is 23.2 Å². The molecule has 0 fully saturated rings. The van der Waals surface area contributed by atoms with Crippen LogP contribution in [0.3, 0.4) is 0 Å². The van der Waals surface area contributed by atoms with Gasteiger partial charge in [0.1, 0.15) is 5.75 Å². The van der Waals surface area contributed by atoms with Crippen LogP contribution in [-0.2, 0) is 14.4 Å². The Morgan fingerprint density at radius 2 is 1.70 bits per heavy atom. The molecule has 0 atom stereocenters. The fourth-order valence-corrected chi connectivity index (χ4v) is 2.61. The van der Waals surface area contributed by atoms with Crippen LogP contribution in [0.1, 0.15) is 5.56 Å². The van der Waals surface area contributed by atoms with Gasteiger partial charge in [0.25, 0.3) is 5.91 Å². The number of rotatable bonds is 8. The molecule has 156 valence electrons. The van der Waals surface area contributed by atoms with Gasteiger partial charge in [0, 0.05) is 22.3 Å². The lowest BCUT2D eigenvalue weighted by molar-refractivity contribution is -0.139. The topological polar surface area (TPSA) is 109 Å². The number of hydrogen-bond acceptors (Lipinski definition) is 5. The van der Waals surface area contributed by atoms with Crippen LogP contribution < -0.4 is 20.8 Å². The third kappa shape index (κ3) is 7.94. The molecule has 2 aromatic rings. The number of nitrogens with one attached hydrogen (secondary N) is 3. The van der Waals surface area contributed by atoms with E-state index in [-0.39, 0.29) is 19.1 Å². The first-order valence-electron chi connectivity index (χ1n) is 8.58. The Balaban J connectivity index is 1.79. The zero-order chi connectivity index (χ0) is 21.9. The van der Waals surface area contributed by atoms with E-state index in [4.69, 9.17) is 27.9 Å². The minimum absolute atomic E-state index is 0.183. The quantitative estimate of drug-likeness (QED) is 0.249. The Bertz CT molecular complexity index is 942. The average molecular weight is 449 g/mol. The Morgan fingerprint density at radius 1 is 1.03 bits per heavy atom. The number of carbonyl (C=O) groups excluding carboxylic acids is 3. The summed E-state index contributed by atoms with van der Waals surface area (Å²) in [6.45, 7) is 3.40. The van der Waals surface area contributed by atoms with E-state index in [0.717, 1.165) is 0 Å². The Morgan fingerprint density at radius 3 is 2.33 bits per heavy atom. The van der Waals surface area contributed by atoms with Gasteiger partial charge in [0.05, 0.1) is 6.21 Å². The Labute approximate surface area is 182 Å². The second-order valence-corrected chi connectivity index (χ2v) is 6.63. The van der Waals surface area contributed by atoms with Gasteiger partial charge in [0.15, 0.2) is 6.61 Å². The van der Waals surface area contributed by atoms with Gasteiger partial charge in [-0.2, -0.15) is 5.10 Å². The van der Waals surface area contributed by atoms with Crippen molar-refractivity contribution in [2.75, 3.05) is 18.5 Å². The first kappa shape index (κ1) is 22.9. The molecule has 0 aliphatic heterocycles. The molecule has 0 aliphatic rings. The molecule has 0 aliphatic carbocycles. The summed E-state index contributed by atoms with van der Waals surface area (Å²) in [5.41, 5.74) is 3.22. The summed E-state index contributed by atoms with van der Waals surface area (Å²) < 4.78 is 5.41. The minimum Gasteiger partial charge on any atom is -0.484 e. The van der Waals surface area contributed by atoms with E-state index in [1.165, 1.54) is 12.3 Å². The van der Waals surface area contributed by atoms with Gasteiger partial charge >= 0.3 is 11.8 Å². The highest BCUT2D eigenvalue weighted by Gasteiger charge is 2.10. The molecule has 0 spiro atoms. The van der Waals surface area contributed by atoms with E-state index < -0.39 is 11.8 Å². The van der Waals surface area contributed by atoms with E-state index in [0.29, 0.717) is 27.0 Å². The van der Waals surface area contributed by atoms with Crippen molar-refractivity contribution in [3.05, 3.63) is 70.7 Å². The van der Waals surface area contributed by atoms with Crippen molar-refractivity contribution in [2.24, 2.45) is 5.10 Å². The van der Waals surface area contributed by atoms with E-state index in [1.54, 1.807) is 42.5 Å². The molecule has 0 heterocycles. The predicted molar refractivity (Wildman–Crippen MR) is 116 cm³/mol. The van der Waals surface area contributed by atoms with Crippen molar-refractivity contribution in [3.63, 3.8) is 0 Å². The summed E-state index contributed by atoms with van der Waals surface area (Å²) in [4.78, 5) is 34.8. The first-order valence-corrected chi connectivity index (χ1v) is 9.34. The summed E-state index contributed by atoms with van der Waals surface area (Å²) in [5.74, 6) is -1.62. The van der Waals surface area contributed by atoms with Crippen molar-refractivity contribution in [1.82, 2.24) is 10.7 Å². The zero-order valence-corrected chi connectivity index (χ0v) is 17.2. The van der Waals surface area contributed by atoms with Crippen molar-refractivity contribution in [2.45, 2.75) is 0 Å². The molecule has 8 nitrogen and oxygen atoms in total. The zero-order valence-electron chi connectivity index (χ0n) is 15.7. The molecule has 30 heavy (non-hydrogen) atoms. The number of hydrazone groups is 1. The summed E-state index contributed by atoms with van der Waals surface area (Å²) >= 11 is 11.8. The molecule has 0 radical (unpaired) electrons. The number of amides is 3. The molecule has 0 unspecified atom stereocenters. The highest BCUT2D eigenvalue weighted by Crippen LogP contribution is 2.22. The lowest BCUT2D eigenvalue weighted by atomic mass is 10.2. The lowest BCUT2D eigenvalue weighted by Gasteiger charge is -2.08. The second kappa shape index (κ2) is 11.6. The molecule has 0 saturated heterocycles. The van der Waals surface area contributed by atoms with Crippen LogP contribution in [0.25, 0.3) is 0 Å². The second-order valence-electron chi connectivity index (χ2n) is 5.76. The third-order valence-corrected chi connectivity index (χ3v) is 3.83. The number of nitrogens with zero attached hydrogens (tertiary/aromatic N) is 1. The molecule has 0 saturated carbocycles. The SMILES string of the molecule is C=CCNC(=O)C(=O)N/N=C\c1ccc(OCC(=O)Nc2cc(Cl)cc(Cl)c2)cc1. The van der Waals surface area contributed by atoms with E-state index >= 15 is 0 Å². The normalized spacial score (nSPS) is 10.3. The number of hydrogen-bond donors (Lipinski definition) is 3. The predicted octanol–water partition coefficient (Wildman–Crippen LogP) is 2.76. The minimum atomic E-state index is -0.889. The van der Waals surface area contributed by atoms with Crippen molar-refractivity contribution >= 4 is 52.8 Å². The summed E-state index contributed by atoms with van der Waals surface area (Å²) in [5, 5.41) is 9.47. The molecule has 3 amide bonds. The highest BCUT2D eigenvalue weighted by atomic mass is 35.5. The standard InChI is InChI=1S/C20H18Cl2N4O4/c1-2-7-23-19(28)20(29)26-24-11-13-3-5-17(6-4-13)30-12-18(27)25-16-9-14(21)8-15(22)10-16/h2-6,8-11H,1,7,12H2,(H,23,28)(H,25,27)(H,26,29)/b24-11-. The van der Waals surface area contributed by atoms with Gasteiger partial charge < -0.3 is 15.4 Å². The molecule has 0 aromatic heterocycles. The molecule has 0 bridgehead atoms. The fraction of sp³-hybridized carbons (Fsp3) is 0.100. The summed E-state index contributed by atoms with van der Waals surface area (Å²) in [6.07, 6.45) is 2.81. The van der Waals surface area contributed by atoms with Gasteiger partial charge in [-0.25, -0.2) is 5.43 Å². The van der Waals surface area contributed by atoms with Gasteiger partial charge in [0.2, 0.25) is 0 Å². The molecule has 2 aromatic carbocycles. The first-order chi connectivity index (χ1) is 14.4. The maximum atomic E-state index is 12.0. The number of carbonyl (C=O) groups is 3. The molecule has 10 heteroatoms. The van der Waals surface area contributed by atoms with Crippen LogP contribution in [-0.4, -0.2) is 37.1 Å². The number of halogens is 2. The Kier molecular flexibility index (Phi) is 8.86. The molecular weight excluding hydrogens is 431 g/mol. The maximum absolute atomic E-state index is 12.0. The number of ether oxygens (including phenoxy) is 1. The van der Waals surface area contributed by atoms with Gasteiger partial charge in [-0.15, -0.1) is 6.58 Å². The Hall–Kier alpha value is -3.36. The van der Waals surface area contributed by atoms with E-state index in [2.05, 4.69) is 27.7 Å². The summed E-state index contributed by atoms with van der Waals surface area (Å²) in [6, 6.07) is 11.3. The monoisotopic (exact) mass is 448 g/mol. The fourth-order valence-electron chi connectivity index (χ4n) is 2.08. The van der Waals surface area contributed by atoms with E-state index in [9.17, 15) is 14.4 Å². The average Bonchev–Trinajstić information content (AvgIpc) is 2.70. The van der Waals surface area contributed by atoms with Crippen molar-refractivity contribution in [1.29, 1.82) is 0 Å². The smallest absolute Gasteiger partial charge is 0.329 e. The maximum Gasteiger partial charge on any atom is 0.329 e. The lowest BCUT2D eigenvalue weighted by Crippen LogP contribution is -2.37. The number of benzene rings is 2. The van der Waals surface area contributed by atoms with Crippen LogP contribution in [0, 0.1) is 0 Å². The van der Waals surface area contributed by atoms with Crippen LogP contribution in [0.15, 0.2) is 60.2 Å². The van der Waals surface area contributed by atoms with Crippen LogP contribution in [0.4, 0.5) is 5.69 Å². The largest absolute Gasteiger partial charge is 0.484 e. The molecule has 2 rings (SSSR count). The number of anilines is 1. The van der Waals surface area contributed by atoms with Crippen LogP contribution in [0.2, 0.25) is 10.0 Å². The molecule has 3 N–H and O–H groups in total. The highest BCUT2D eigenvalue weighted by molar-refractivity contribution is 6.35. The van der Waals surface area contributed by atoms with E-state index in [1.807, 2.05) is 0 Å². The van der Waals surface area contributed by atoms with Gasteiger partial charge in [-0.05, 0) is 48.0 Å².